The summed E-state index contributed by atoms with van der Waals surface area (Å²) in [7, 11) is -0.777. The quantitative estimate of drug-likeness (QED) is 0.258. The van der Waals surface area contributed by atoms with Gasteiger partial charge in [0, 0.05) is 0 Å². The SMILES string of the molecule is CCc1ccccc1[P@@](CC[P@@](c1ccccc1)c1ccccc1CC)c1ccccc1. The summed E-state index contributed by atoms with van der Waals surface area (Å²) in [6.45, 7) is 4.57. The Kier molecular flexibility index (Phi) is 8.28. The van der Waals surface area contributed by atoms with Gasteiger partial charge in [0.25, 0.3) is 0 Å². The molecule has 0 bridgehead atoms. The molecule has 0 heterocycles. The van der Waals surface area contributed by atoms with E-state index in [9.17, 15) is 0 Å². The lowest BCUT2D eigenvalue weighted by Crippen LogP contribution is -2.22. The first-order valence-corrected chi connectivity index (χ1v) is 14.7. The predicted molar refractivity (Wildman–Crippen MR) is 147 cm³/mol. The number of rotatable bonds is 9. The fraction of sp³-hybridized carbons (Fsp3) is 0.200. The van der Waals surface area contributed by atoms with E-state index in [0.717, 1.165) is 12.8 Å². The second-order valence-electron chi connectivity index (χ2n) is 7.94. The standard InChI is InChI=1S/C30H32P2/c1-3-25-15-11-13-21-29(25)31(27-17-7-5-8-18-27)23-24-32(28-19-9-6-10-20-28)30-22-14-12-16-26(30)4-2/h5-22H,3-4,23-24H2,1-2H3/t31-,32-/m0/s1. The van der Waals surface area contributed by atoms with E-state index in [4.69, 9.17) is 0 Å². The molecule has 32 heavy (non-hydrogen) atoms. The van der Waals surface area contributed by atoms with Crippen molar-refractivity contribution in [2.75, 3.05) is 12.3 Å². The van der Waals surface area contributed by atoms with Crippen LogP contribution in [0.3, 0.4) is 0 Å². The second-order valence-corrected chi connectivity index (χ2v) is 12.5. The van der Waals surface area contributed by atoms with Crippen LogP contribution in [-0.2, 0) is 12.8 Å². The lowest BCUT2D eigenvalue weighted by molar-refractivity contribution is 1.15. The Hall–Kier alpha value is -2.26. The molecule has 0 spiro atoms. The van der Waals surface area contributed by atoms with Crippen LogP contribution in [0.15, 0.2) is 109 Å². The van der Waals surface area contributed by atoms with Crippen molar-refractivity contribution in [1.29, 1.82) is 0 Å². The van der Waals surface area contributed by atoms with Crippen molar-refractivity contribution >= 4 is 37.1 Å². The second kappa shape index (κ2) is 11.6. The molecule has 4 aromatic carbocycles. The first-order chi connectivity index (χ1) is 15.8. The minimum atomic E-state index is -0.388. The van der Waals surface area contributed by atoms with E-state index < -0.39 is 0 Å². The number of hydrogen-bond acceptors (Lipinski definition) is 0. The van der Waals surface area contributed by atoms with E-state index >= 15 is 0 Å². The van der Waals surface area contributed by atoms with Gasteiger partial charge in [-0.1, -0.05) is 123 Å². The summed E-state index contributed by atoms with van der Waals surface area (Å²) in [6, 6.07) is 40.6. The molecule has 2 heteroatoms. The van der Waals surface area contributed by atoms with E-state index in [2.05, 4.69) is 123 Å². The Morgan fingerprint density at radius 1 is 0.438 bits per heavy atom. The topological polar surface area (TPSA) is 0 Å². The summed E-state index contributed by atoms with van der Waals surface area (Å²) >= 11 is 0. The van der Waals surface area contributed by atoms with Gasteiger partial charge in [0.15, 0.2) is 0 Å². The summed E-state index contributed by atoms with van der Waals surface area (Å²) in [4.78, 5) is 0. The van der Waals surface area contributed by atoms with Crippen LogP contribution in [-0.4, -0.2) is 12.3 Å². The fourth-order valence-electron chi connectivity index (χ4n) is 4.34. The minimum Gasteiger partial charge on any atom is -0.0622 e. The lowest BCUT2D eigenvalue weighted by atomic mass is 10.2. The molecular formula is C30H32P2. The third kappa shape index (κ3) is 5.38. The summed E-state index contributed by atoms with van der Waals surface area (Å²) in [5.41, 5.74) is 3.00. The van der Waals surface area contributed by atoms with Crippen molar-refractivity contribution in [3.8, 4) is 0 Å². The van der Waals surface area contributed by atoms with Gasteiger partial charge in [-0.2, -0.15) is 0 Å². The van der Waals surface area contributed by atoms with E-state index in [0.29, 0.717) is 0 Å². The van der Waals surface area contributed by atoms with Gasteiger partial charge >= 0.3 is 0 Å². The molecular weight excluding hydrogens is 422 g/mol. The predicted octanol–water partition coefficient (Wildman–Crippen LogP) is 6.38. The van der Waals surface area contributed by atoms with E-state index in [1.54, 1.807) is 10.6 Å². The Morgan fingerprint density at radius 3 is 1.16 bits per heavy atom. The van der Waals surface area contributed by atoms with Gasteiger partial charge in [-0.25, -0.2) is 0 Å². The van der Waals surface area contributed by atoms with Crippen LogP contribution < -0.4 is 21.2 Å². The molecule has 4 rings (SSSR count). The number of aryl methyl sites for hydroxylation is 2. The Bertz CT molecular complexity index is 1010. The van der Waals surface area contributed by atoms with E-state index in [-0.39, 0.29) is 15.8 Å². The highest BCUT2D eigenvalue weighted by molar-refractivity contribution is 7.76. The van der Waals surface area contributed by atoms with Gasteiger partial charge < -0.3 is 0 Å². The highest BCUT2D eigenvalue weighted by Crippen LogP contribution is 2.42. The fourth-order valence-corrected chi connectivity index (χ4v) is 10.2. The van der Waals surface area contributed by atoms with E-state index in [1.807, 2.05) is 0 Å². The molecule has 0 fully saturated rings. The maximum atomic E-state index is 2.38. The summed E-state index contributed by atoms with van der Waals surface area (Å²) < 4.78 is 0. The molecule has 0 nitrogen and oxygen atoms in total. The monoisotopic (exact) mass is 454 g/mol. The van der Waals surface area contributed by atoms with Crippen LogP contribution in [0, 0.1) is 0 Å². The highest BCUT2D eigenvalue weighted by Gasteiger charge is 2.21. The lowest BCUT2D eigenvalue weighted by Gasteiger charge is -2.26. The number of hydrogen-bond donors (Lipinski definition) is 0. The van der Waals surface area contributed by atoms with Gasteiger partial charge in [-0.15, -0.1) is 0 Å². The van der Waals surface area contributed by atoms with Crippen molar-refractivity contribution in [1.82, 2.24) is 0 Å². The van der Waals surface area contributed by atoms with Crippen LogP contribution >= 0.6 is 15.8 Å². The number of benzene rings is 4. The van der Waals surface area contributed by atoms with Gasteiger partial charge in [-0.3, -0.25) is 0 Å². The van der Waals surface area contributed by atoms with Crippen LogP contribution in [0.4, 0.5) is 0 Å². The van der Waals surface area contributed by atoms with Crippen LogP contribution in [0.25, 0.3) is 0 Å². The molecule has 0 aliphatic heterocycles. The van der Waals surface area contributed by atoms with Crippen LogP contribution in [0.1, 0.15) is 25.0 Å². The molecule has 0 amide bonds. The zero-order valence-corrected chi connectivity index (χ0v) is 20.9. The van der Waals surface area contributed by atoms with Crippen LogP contribution in [0.5, 0.6) is 0 Å². The zero-order chi connectivity index (χ0) is 22.2. The maximum absolute atomic E-state index is 2.38. The Morgan fingerprint density at radius 2 is 0.781 bits per heavy atom. The molecule has 0 aliphatic carbocycles. The smallest absolute Gasteiger partial charge is 0.0163 e. The minimum absolute atomic E-state index is 0.388. The first-order valence-electron chi connectivity index (χ1n) is 11.6. The molecule has 0 saturated heterocycles. The Balaban J connectivity index is 1.72. The molecule has 162 valence electrons. The normalized spacial score (nSPS) is 12.9. The van der Waals surface area contributed by atoms with Crippen molar-refractivity contribution in [3.05, 3.63) is 120 Å². The van der Waals surface area contributed by atoms with Crippen molar-refractivity contribution in [3.63, 3.8) is 0 Å². The highest BCUT2D eigenvalue weighted by atomic mass is 31.1. The first kappa shape index (κ1) is 22.9. The van der Waals surface area contributed by atoms with Crippen molar-refractivity contribution in [2.24, 2.45) is 0 Å². The van der Waals surface area contributed by atoms with Gasteiger partial charge in [0.2, 0.25) is 0 Å². The largest absolute Gasteiger partial charge is 0.0622 e. The molecule has 0 aliphatic rings. The van der Waals surface area contributed by atoms with Gasteiger partial charge in [0.05, 0.1) is 0 Å². The summed E-state index contributed by atoms with van der Waals surface area (Å²) in [5.74, 6) is 0. The third-order valence-corrected chi connectivity index (χ3v) is 11.6. The molecule has 0 saturated carbocycles. The molecule has 0 radical (unpaired) electrons. The molecule has 0 N–H and O–H groups in total. The maximum Gasteiger partial charge on any atom is -0.0163 e. The van der Waals surface area contributed by atoms with Gasteiger partial charge in [-0.05, 0) is 73.4 Å². The summed E-state index contributed by atoms with van der Waals surface area (Å²) in [6.07, 6.45) is 4.62. The Labute approximate surface area is 196 Å². The third-order valence-electron chi connectivity index (χ3n) is 6.01. The molecule has 2 atom stereocenters. The van der Waals surface area contributed by atoms with Crippen LogP contribution in [0.2, 0.25) is 0 Å². The average Bonchev–Trinajstić information content (AvgIpc) is 2.88. The molecule has 0 unspecified atom stereocenters. The summed E-state index contributed by atoms with van der Waals surface area (Å²) in [5, 5.41) is 6.11. The molecule has 0 aromatic heterocycles. The van der Waals surface area contributed by atoms with Crippen molar-refractivity contribution in [2.45, 2.75) is 26.7 Å². The van der Waals surface area contributed by atoms with E-state index in [1.165, 1.54) is 34.1 Å². The average molecular weight is 455 g/mol. The zero-order valence-electron chi connectivity index (χ0n) is 19.1. The molecule has 4 aromatic rings. The van der Waals surface area contributed by atoms with Gasteiger partial charge in [0.1, 0.15) is 0 Å². The van der Waals surface area contributed by atoms with Crippen molar-refractivity contribution < 1.29 is 0 Å².